The molecule has 2 rings (SSSR count). The summed E-state index contributed by atoms with van der Waals surface area (Å²) < 4.78 is 13.5. The van der Waals surface area contributed by atoms with Crippen molar-refractivity contribution in [2.75, 3.05) is 0 Å². The summed E-state index contributed by atoms with van der Waals surface area (Å²) in [4.78, 5) is 15.8. The van der Waals surface area contributed by atoms with Crippen molar-refractivity contribution < 1.29 is 9.18 Å². The lowest BCUT2D eigenvalue weighted by Gasteiger charge is -2.18. The van der Waals surface area contributed by atoms with Gasteiger partial charge in [-0.05, 0) is 11.6 Å². The van der Waals surface area contributed by atoms with Crippen molar-refractivity contribution in [2.24, 2.45) is 5.73 Å². The van der Waals surface area contributed by atoms with E-state index in [1.807, 2.05) is 6.07 Å². The van der Waals surface area contributed by atoms with E-state index in [2.05, 4.69) is 10.3 Å². The average molecular weight is 289 g/mol. The van der Waals surface area contributed by atoms with Crippen LogP contribution in [0, 0.1) is 5.82 Å². The first kappa shape index (κ1) is 14.1. The minimum Gasteiger partial charge on any atom is -0.391 e. The van der Waals surface area contributed by atoms with E-state index in [0.29, 0.717) is 0 Å². The van der Waals surface area contributed by atoms with Crippen LogP contribution in [0.1, 0.15) is 22.0 Å². The van der Waals surface area contributed by atoms with Crippen molar-refractivity contribution in [3.63, 3.8) is 0 Å². The van der Waals surface area contributed by atoms with Crippen LogP contribution in [0.3, 0.4) is 0 Å². The van der Waals surface area contributed by atoms with Crippen molar-refractivity contribution in [3.8, 4) is 0 Å². The van der Waals surface area contributed by atoms with Gasteiger partial charge in [-0.2, -0.15) is 0 Å². The molecule has 1 aromatic heterocycles. The number of rotatable bonds is 4. The van der Waals surface area contributed by atoms with E-state index in [9.17, 15) is 9.18 Å². The molecular weight excluding hydrogens is 277 g/mol. The van der Waals surface area contributed by atoms with Crippen molar-refractivity contribution >= 4 is 23.1 Å². The molecule has 2 aromatic rings. The molecule has 0 aliphatic heterocycles. The number of pyridine rings is 1. The van der Waals surface area contributed by atoms with Crippen LogP contribution in [0.4, 0.5) is 4.39 Å². The van der Waals surface area contributed by atoms with Gasteiger partial charge in [-0.3, -0.25) is 9.78 Å². The highest BCUT2D eigenvalue weighted by atomic mass is 32.1. The minimum absolute atomic E-state index is 0.0998. The first-order chi connectivity index (χ1) is 9.59. The maximum atomic E-state index is 13.5. The number of nitrogens with one attached hydrogen (secondary N) is 1. The second kappa shape index (κ2) is 6.21. The van der Waals surface area contributed by atoms with E-state index in [1.165, 1.54) is 12.3 Å². The highest BCUT2D eigenvalue weighted by Crippen LogP contribution is 2.14. The van der Waals surface area contributed by atoms with Gasteiger partial charge in [0.15, 0.2) is 5.82 Å². The monoisotopic (exact) mass is 289 g/mol. The Labute approximate surface area is 120 Å². The molecule has 0 radical (unpaired) electrons. The smallest absolute Gasteiger partial charge is 0.255 e. The molecule has 20 heavy (non-hydrogen) atoms. The summed E-state index contributed by atoms with van der Waals surface area (Å²) in [5.74, 6) is -1.29. The van der Waals surface area contributed by atoms with Gasteiger partial charge in [0, 0.05) is 6.20 Å². The van der Waals surface area contributed by atoms with Crippen molar-refractivity contribution in [2.45, 2.75) is 6.04 Å². The van der Waals surface area contributed by atoms with Crippen molar-refractivity contribution in [1.29, 1.82) is 0 Å². The highest BCUT2D eigenvalue weighted by molar-refractivity contribution is 7.80. The third kappa shape index (κ3) is 3.16. The number of thiocarbonyl (C=S) groups is 1. The zero-order valence-corrected chi connectivity index (χ0v) is 11.2. The van der Waals surface area contributed by atoms with E-state index < -0.39 is 17.8 Å². The van der Waals surface area contributed by atoms with E-state index >= 15 is 0 Å². The third-order valence-corrected chi connectivity index (χ3v) is 2.95. The molecular formula is C14H12FN3OS. The molecule has 3 N–H and O–H groups in total. The second-order valence-corrected chi connectivity index (χ2v) is 4.55. The van der Waals surface area contributed by atoms with Gasteiger partial charge in [0.25, 0.3) is 5.91 Å². The van der Waals surface area contributed by atoms with Gasteiger partial charge in [0.2, 0.25) is 0 Å². The number of nitrogens with two attached hydrogens (primary N) is 1. The molecule has 0 saturated carbocycles. The Morgan fingerprint density at radius 3 is 2.60 bits per heavy atom. The molecule has 0 bridgehead atoms. The number of aromatic nitrogens is 1. The SMILES string of the molecule is NC(=S)C(NC(=O)c1ccncc1F)c1ccccc1. The van der Waals surface area contributed by atoms with E-state index in [0.717, 1.165) is 11.8 Å². The van der Waals surface area contributed by atoms with Crippen LogP contribution >= 0.6 is 12.2 Å². The molecule has 4 nitrogen and oxygen atoms in total. The predicted molar refractivity (Wildman–Crippen MR) is 77.6 cm³/mol. The fourth-order valence-corrected chi connectivity index (χ4v) is 1.93. The van der Waals surface area contributed by atoms with Gasteiger partial charge in [0.1, 0.15) is 11.0 Å². The Bertz CT molecular complexity index is 633. The third-order valence-electron chi connectivity index (χ3n) is 2.71. The number of hydrogen-bond donors (Lipinski definition) is 2. The predicted octanol–water partition coefficient (Wildman–Crippen LogP) is 1.98. The summed E-state index contributed by atoms with van der Waals surface area (Å²) in [5, 5.41) is 2.62. The molecule has 0 aliphatic rings. The molecule has 6 heteroatoms. The first-order valence-corrected chi connectivity index (χ1v) is 6.25. The lowest BCUT2D eigenvalue weighted by atomic mass is 10.1. The second-order valence-electron chi connectivity index (χ2n) is 4.08. The van der Waals surface area contributed by atoms with Crippen LogP contribution < -0.4 is 11.1 Å². The Balaban J connectivity index is 2.24. The fourth-order valence-electron chi connectivity index (χ4n) is 1.73. The molecule has 0 saturated heterocycles. The zero-order chi connectivity index (χ0) is 14.5. The standard InChI is InChI=1S/C14H12FN3OS/c15-11-8-17-7-6-10(11)14(19)18-12(13(16)20)9-4-2-1-3-5-9/h1-8,12H,(H2,16,20)(H,18,19). The van der Waals surface area contributed by atoms with E-state index in [4.69, 9.17) is 18.0 Å². The topological polar surface area (TPSA) is 68.0 Å². The summed E-state index contributed by atoms with van der Waals surface area (Å²) in [6.07, 6.45) is 2.32. The lowest BCUT2D eigenvalue weighted by Crippen LogP contribution is -2.36. The van der Waals surface area contributed by atoms with E-state index in [-0.39, 0.29) is 10.6 Å². The van der Waals surface area contributed by atoms with Gasteiger partial charge < -0.3 is 11.1 Å². The number of benzene rings is 1. The Morgan fingerprint density at radius 2 is 2.00 bits per heavy atom. The van der Waals surface area contributed by atoms with Crippen LogP contribution in [-0.2, 0) is 0 Å². The first-order valence-electron chi connectivity index (χ1n) is 5.84. The summed E-state index contributed by atoms with van der Waals surface area (Å²) in [6, 6.07) is 9.67. The number of carbonyl (C=O) groups excluding carboxylic acids is 1. The van der Waals surface area contributed by atoms with Gasteiger partial charge >= 0.3 is 0 Å². The summed E-state index contributed by atoms with van der Waals surface area (Å²) in [5.41, 5.74) is 6.28. The molecule has 1 heterocycles. The minimum atomic E-state index is -0.695. The normalized spacial score (nSPS) is 11.7. The molecule has 1 atom stereocenters. The van der Waals surface area contributed by atoms with Gasteiger partial charge in [-0.25, -0.2) is 4.39 Å². The van der Waals surface area contributed by atoms with Crippen LogP contribution in [0.15, 0.2) is 48.8 Å². The number of halogens is 1. The number of amides is 1. The maximum Gasteiger partial charge on any atom is 0.255 e. The molecule has 1 amide bonds. The molecule has 1 aromatic carbocycles. The van der Waals surface area contributed by atoms with Crippen LogP contribution in [-0.4, -0.2) is 15.9 Å². The van der Waals surface area contributed by atoms with Gasteiger partial charge in [-0.15, -0.1) is 0 Å². The maximum absolute atomic E-state index is 13.5. The van der Waals surface area contributed by atoms with Crippen LogP contribution in [0.5, 0.6) is 0 Å². The quantitative estimate of drug-likeness (QED) is 0.845. The fraction of sp³-hybridized carbons (Fsp3) is 0.0714. The Hall–Kier alpha value is -2.34. The highest BCUT2D eigenvalue weighted by Gasteiger charge is 2.19. The lowest BCUT2D eigenvalue weighted by molar-refractivity contribution is 0.0942. The molecule has 0 aliphatic carbocycles. The number of nitrogens with zero attached hydrogens (tertiary/aromatic N) is 1. The molecule has 1 unspecified atom stereocenters. The average Bonchev–Trinajstić information content (AvgIpc) is 2.45. The van der Waals surface area contributed by atoms with E-state index in [1.54, 1.807) is 24.3 Å². The molecule has 0 fully saturated rings. The van der Waals surface area contributed by atoms with Gasteiger partial charge in [0.05, 0.1) is 11.8 Å². The van der Waals surface area contributed by atoms with Crippen molar-refractivity contribution in [3.05, 3.63) is 65.7 Å². The molecule has 102 valence electrons. The Kier molecular flexibility index (Phi) is 4.37. The zero-order valence-electron chi connectivity index (χ0n) is 10.4. The Morgan fingerprint density at radius 1 is 1.30 bits per heavy atom. The van der Waals surface area contributed by atoms with Crippen LogP contribution in [0.25, 0.3) is 0 Å². The number of hydrogen-bond acceptors (Lipinski definition) is 3. The van der Waals surface area contributed by atoms with Crippen LogP contribution in [0.2, 0.25) is 0 Å². The summed E-state index contributed by atoms with van der Waals surface area (Å²) in [6.45, 7) is 0. The number of carbonyl (C=O) groups is 1. The van der Waals surface area contributed by atoms with Crippen molar-refractivity contribution in [1.82, 2.24) is 10.3 Å². The summed E-state index contributed by atoms with van der Waals surface area (Å²) >= 11 is 4.96. The molecule has 0 spiro atoms. The largest absolute Gasteiger partial charge is 0.391 e. The van der Waals surface area contributed by atoms with Gasteiger partial charge in [-0.1, -0.05) is 42.5 Å². The summed E-state index contributed by atoms with van der Waals surface area (Å²) in [7, 11) is 0.